The maximum absolute atomic E-state index is 5.84. The van der Waals surface area contributed by atoms with Gasteiger partial charge in [-0.15, -0.1) is 0 Å². The molecule has 0 aliphatic carbocycles. The van der Waals surface area contributed by atoms with Crippen LogP contribution in [0.5, 0.6) is 0 Å². The topological polar surface area (TPSA) is 98.3 Å². The van der Waals surface area contributed by atoms with Crippen molar-refractivity contribution in [3.8, 4) is 16.9 Å². The van der Waals surface area contributed by atoms with E-state index in [4.69, 9.17) is 5.73 Å². The third-order valence-corrected chi connectivity index (χ3v) is 3.30. The lowest BCUT2D eigenvalue weighted by Gasteiger charge is -2.05. The molecule has 102 valence electrons. The van der Waals surface area contributed by atoms with Crippen molar-refractivity contribution in [2.75, 3.05) is 5.73 Å². The maximum Gasteiger partial charge on any atom is 0.168 e. The van der Waals surface area contributed by atoms with Crippen molar-refractivity contribution in [1.82, 2.24) is 29.9 Å². The molecule has 0 amide bonds. The van der Waals surface area contributed by atoms with Gasteiger partial charge in [0.05, 0.1) is 23.0 Å². The summed E-state index contributed by atoms with van der Waals surface area (Å²) >= 11 is 0. The molecule has 1 aromatic carbocycles. The second kappa shape index (κ2) is 4.41. The van der Waals surface area contributed by atoms with E-state index in [-0.39, 0.29) is 0 Å². The van der Waals surface area contributed by atoms with E-state index in [1.54, 1.807) is 17.1 Å². The average Bonchev–Trinajstić information content (AvgIpc) is 3.18. The SMILES string of the molecule is Nc1ncnc2c1cnn2-c1cccc(-c2ccn[nH]2)c1. The molecule has 4 rings (SSSR count). The molecule has 0 aliphatic rings. The molecule has 0 unspecified atom stereocenters. The number of fused-ring (bicyclic) bond motifs is 1. The van der Waals surface area contributed by atoms with Gasteiger partial charge in [-0.25, -0.2) is 14.6 Å². The van der Waals surface area contributed by atoms with Crippen LogP contribution in [0.3, 0.4) is 0 Å². The molecule has 3 aromatic heterocycles. The number of anilines is 1. The summed E-state index contributed by atoms with van der Waals surface area (Å²) in [7, 11) is 0. The highest BCUT2D eigenvalue weighted by molar-refractivity contribution is 5.85. The number of H-pyrrole nitrogens is 1. The van der Waals surface area contributed by atoms with Gasteiger partial charge in [0.1, 0.15) is 12.1 Å². The van der Waals surface area contributed by atoms with Crippen molar-refractivity contribution in [3.05, 3.63) is 49.1 Å². The summed E-state index contributed by atoms with van der Waals surface area (Å²) in [5.74, 6) is 0.427. The molecule has 7 heteroatoms. The van der Waals surface area contributed by atoms with Gasteiger partial charge in [0, 0.05) is 11.8 Å². The smallest absolute Gasteiger partial charge is 0.168 e. The van der Waals surface area contributed by atoms with Gasteiger partial charge in [-0.3, -0.25) is 5.10 Å². The first kappa shape index (κ1) is 11.6. The molecule has 21 heavy (non-hydrogen) atoms. The zero-order valence-electron chi connectivity index (χ0n) is 10.9. The molecule has 0 saturated heterocycles. The van der Waals surface area contributed by atoms with Crippen LogP contribution < -0.4 is 5.73 Å². The summed E-state index contributed by atoms with van der Waals surface area (Å²) in [6.45, 7) is 0. The summed E-state index contributed by atoms with van der Waals surface area (Å²) in [6, 6.07) is 9.86. The molecule has 7 nitrogen and oxygen atoms in total. The number of aromatic nitrogens is 6. The predicted molar refractivity (Wildman–Crippen MR) is 78.7 cm³/mol. The Kier molecular flexibility index (Phi) is 2.43. The summed E-state index contributed by atoms with van der Waals surface area (Å²) < 4.78 is 1.74. The Labute approximate surface area is 119 Å². The fourth-order valence-electron chi connectivity index (χ4n) is 2.27. The van der Waals surface area contributed by atoms with Gasteiger partial charge in [0.15, 0.2) is 5.65 Å². The summed E-state index contributed by atoms with van der Waals surface area (Å²) in [5.41, 5.74) is 9.39. The Balaban J connectivity index is 1.89. The highest BCUT2D eigenvalue weighted by atomic mass is 15.3. The first-order chi connectivity index (χ1) is 10.3. The van der Waals surface area contributed by atoms with E-state index >= 15 is 0 Å². The van der Waals surface area contributed by atoms with Crippen molar-refractivity contribution in [2.24, 2.45) is 0 Å². The van der Waals surface area contributed by atoms with Gasteiger partial charge >= 0.3 is 0 Å². The maximum atomic E-state index is 5.84. The van der Waals surface area contributed by atoms with Crippen LogP contribution in [-0.4, -0.2) is 29.9 Å². The molecule has 0 fully saturated rings. The van der Waals surface area contributed by atoms with Crippen molar-refractivity contribution in [2.45, 2.75) is 0 Å². The van der Waals surface area contributed by atoms with E-state index in [0.29, 0.717) is 11.5 Å². The van der Waals surface area contributed by atoms with Crippen LogP contribution in [0.1, 0.15) is 0 Å². The first-order valence-electron chi connectivity index (χ1n) is 6.37. The third-order valence-electron chi connectivity index (χ3n) is 3.30. The van der Waals surface area contributed by atoms with E-state index in [1.807, 2.05) is 30.3 Å². The fraction of sp³-hybridized carbons (Fsp3) is 0. The zero-order valence-corrected chi connectivity index (χ0v) is 10.9. The van der Waals surface area contributed by atoms with E-state index in [1.165, 1.54) is 6.33 Å². The number of aromatic amines is 1. The Morgan fingerprint density at radius 3 is 2.95 bits per heavy atom. The first-order valence-corrected chi connectivity index (χ1v) is 6.37. The number of nitrogens with one attached hydrogen (secondary N) is 1. The summed E-state index contributed by atoms with van der Waals surface area (Å²) in [4.78, 5) is 8.23. The van der Waals surface area contributed by atoms with E-state index in [0.717, 1.165) is 22.3 Å². The van der Waals surface area contributed by atoms with Gasteiger partial charge in [0.25, 0.3) is 0 Å². The number of rotatable bonds is 2. The minimum atomic E-state index is 0.427. The number of hydrogen-bond donors (Lipinski definition) is 2. The molecular weight excluding hydrogens is 266 g/mol. The van der Waals surface area contributed by atoms with Crippen LogP contribution in [0.4, 0.5) is 5.82 Å². The molecule has 3 N–H and O–H groups in total. The van der Waals surface area contributed by atoms with Crippen LogP contribution in [0.15, 0.2) is 49.1 Å². The minimum absolute atomic E-state index is 0.427. The third kappa shape index (κ3) is 1.83. The Morgan fingerprint density at radius 2 is 2.10 bits per heavy atom. The Bertz CT molecular complexity index is 908. The summed E-state index contributed by atoms with van der Waals surface area (Å²) in [5, 5.41) is 12.0. The number of nitrogens with two attached hydrogens (primary N) is 1. The molecule has 0 spiro atoms. The van der Waals surface area contributed by atoms with Crippen molar-refractivity contribution >= 4 is 16.9 Å². The highest BCUT2D eigenvalue weighted by Gasteiger charge is 2.10. The van der Waals surface area contributed by atoms with Gasteiger partial charge in [-0.2, -0.15) is 10.2 Å². The number of nitrogens with zero attached hydrogens (tertiary/aromatic N) is 5. The quantitative estimate of drug-likeness (QED) is 0.582. The lowest BCUT2D eigenvalue weighted by Crippen LogP contribution is -1.99. The van der Waals surface area contributed by atoms with Crippen LogP contribution in [0.25, 0.3) is 28.0 Å². The molecular formula is C14H11N7. The second-order valence-corrected chi connectivity index (χ2v) is 4.57. The largest absolute Gasteiger partial charge is 0.383 e. The molecule has 0 aliphatic heterocycles. The molecule has 0 saturated carbocycles. The van der Waals surface area contributed by atoms with Gasteiger partial charge in [0.2, 0.25) is 0 Å². The Morgan fingerprint density at radius 1 is 1.14 bits per heavy atom. The molecule has 4 aromatic rings. The van der Waals surface area contributed by atoms with Gasteiger partial charge in [-0.1, -0.05) is 12.1 Å². The zero-order chi connectivity index (χ0) is 14.2. The second-order valence-electron chi connectivity index (χ2n) is 4.57. The molecule has 0 bridgehead atoms. The van der Waals surface area contributed by atoms with E-state index in [2.05, 4.69) is 25.3 Å². The molecule has 0 atom stereocenters. The van der Waals surface area contributed by atoms with E-state index < -0.39 is 0 Å². The van der Waals surface area contributed by atoms with Crippen LogP contribution in [0.2, 0.25) is 0 Å². The number of nitrogen functional groups attached to an aromatic ring is 1. The minimum Gasteiger partial charge on any atom is -0.383 e. The molecule has 0 radical (unpaired) electrons. The van der Waals surface area contributed by atoms with Crippen molar-refractivity contribution < 1.29 is 0 Å². The van der Waals surface area contributed by atoms with Crippen molar-refractivity contribution in [3.63, 3.8) is 0 Å². The fourth-order valence-corrected chi connectivity index (χ4v) is 2.27. The van der Waals surface area contributed by atoms with E-state index in [9.17, 15) is 0 Å². The van der Waals surface area contributed by atoms with Crippen LogP contribution in [0, 0.1) is 0 Å². The van der Waals surface area contributed by atoms with Gasteiger partial charge in [-0.05, 0) is 18.2 Å². The van der Waals surface area contributed by atoms with Crippen molar-refractivity contribution in [1.29, 1.82) is 0 Å². The Hall–Kier alpha value is -3.22. The van der Waals surface area contributed by atoms with Crippen LogP contribution >= 0.6 is 0 Å². The number of benzene rings is 1. The lowest BCUT2D eigenvalue weighted by atomic mass is 10.1. The van der Waals surface area contributed by atoms with Crippen LogP contribution in [-0.2, 0) is 0 Å². The average molecular weight is 277 g/mol. The number of hydrogen-bond acceptors (Lipinski definition) is 5. The standard InChI is InChI=1S/C14H11N7/c15-13-11-7-19-21(14(11)17-8-16-13)10-3-1-2-9(6-10)12-4-5-18-20-12/h1-8H,(H,18,20)(H2,15,16,17). The summed E-state index contributed by atoms with van der Waals surface area (Å²) in [6.07, 6.45) is 4.83. The highest BCUT2D eigenvalue weighted by Crippen LogP contribution is 2.23. The lowest BCUT2D eigenvalue weighted by molar-refractivity contribution is 0.895. The van der Waals surface area contributed by atoms with Gasteiger partial charge < -0.3 is 5.73 Å². The predicted octanol–water partition coefficient (Wildman–Crippen LogP) is 1.79. The monoisotopic (exact) mass is 277 g/mol. The normalized spacial score (nSPS) is 11.0. The molecule has 3 heterocycles.